The third-order valence-corrected chi connectivity index (χ3v) is 12.0. The summed E-state index contributed by atoms with van der Waals surface area (Å²) in [6.07, 6.45) is 0.0641. The van der Waals surface area contributed by atoms with E-state index < -0.39 is 39.5 Å². The molecule has 12 heteroatoms. The summed E-state index contributed by atoms with van der Waals surface area (Å²) in [5, 5.41) is 9.05. The first kappa shape index (κ1) is 29.2. The first-order valence-corrected chi connectivity index (χ1v) is 16.3. The molecule has 3 atom stereocenters. The molecule has 1 aromatic heterocycles. The highest BCUT2D eigenvalue weighted by Gasteiger charge is 2.60. The molecule has 7 nitrogen and oxygen atoms in total. The highest BCUT2D eigenvalue weighted by atomic mass is 32.2. The number of pyridine rings is 1. The highest BCUT2D eigenvalue weighted by Crippen LogP contribution is 2.61. The molecule has 0 amide bonds. The zero-order chi connectivity index (χ0) is 31.0. The molecule has 232 valence electrons. The number of aliphatic carboxylic acids is 1. The Morgan fingerprint density at radius 2 is 1.75 bits per heavy atom. The molecule has 1 saturated heterocycles. The number of carboxylic acids is 1. The van der Waals surface area contributed by atoms with Crippen molar-refractivity contribution in [2.24, 2.45) is 11.8 Å². The van der Waals surface area contributed by atoms with Crippen LogP contribution in [0.4, 0.5) is 17.6 Å². The van der Waals surface area contributed by atoms with Crippen molar-refractivity contribution in [3.05, 3.63) is 82.3 Å². The van der Waals surface area contributed by atoms with Crippen molar-refractivity contribution in [2.45, 2.75) is 62.0 Å². The largest absolute Gasteiger partial charge is 0.481 e. The van der Waals surface area contributed by atoms with Crippen LogP contribution in [-0.2, 0) is 34.0 Å². The summed E-state index contributed by atoms with van der Waals surface area (Å²) in [5.74, 6) is -1.99. The molecular weight excluding hydrogens is 600 g/mol. The minimum atomic E-state index is -4.79. The van der Waals surface area contributed by atoms with Gasteiger partial charge in [0.1, 0.15) is 12.4 Å². The molecule has 0 bridgehead atoms. The van der Waals surface area contributed by atoms with E-state index in [0.717, 1.165) is 22.8 Å². The van der Waals surface area contributed by atoms with Crippen molar-refractivity contribution in [3.8, 4) is 17.0 Å². The number of ether oxygens (including phenoxy) is 1. The van der Waals surface area contributed by atoms with Crippen LogP contribution in [0, 0.1) is 17.7 Å². The lowest BCUT2D eigenvalue weighted by Crippen LogP contribution is -2.39. The van der Waals surface area contributed by atoms with Gasteiger partial charge in [-0.3, -0.25) is 4.79 Å². The summed E-state index contributed by atoms with van der Waals surface area (Å²) in [4.78, 5) is 15.6. The molecule has 44 heavy (non-hydrogen) atoms. The van der Waals surface area contributed by atoms with Crippen LogP contribution in [0.3, 0.4) is 0 Å². The number of aromatic nitrogens is 1. The highest BCUT2D eigenvalue weighted by molar-refractivity contribution is 7.90. The Balaban J connectivity index is 1.07. The molecule has 3 aromatic rings. The Bertz CT molecular complexity index is 1730. The van der Waals surface area contributed by atoms with Crippen molar-refractivity contribution in [1.29, 1.82) is 0 Å². The van der Waals surface area contributed by atoms with Crippen LogP contribution in [0.25, 0.3) is 11.1 Å². The van der Waals surface area contributed by atoms with E-state index in [4.69, 9.17) is 4.74 Å². The predicted octanol–water partition coefficient (Wildman–Crippen LogP) is 6.13. The summed E-state index contributed by atoms with van der Waals surface area (Å²) < 4.78 is 89.3. The molecule has 2 saturated carbocycles. The van der Waals surface area contributed by atoms with Gasteiger partial charge in [-0.2, -0.15) is 13.2 Å². The van der Waals surface area contributed by atoms with Crippen molar-refractivity contribution in [3.63, 3.8) is 0 Å². The summed E-state index contributed by atoms with van der Waals surface area (Å²) in [6.45, 7) is 0.509. The fraction of sp³-hybridized carbons (Fsp3) is 0.438. The number of alkyl halides is 3. The monoisotopic (exact) mass is 630 g/mol. The number of piperidine rings is 1. The van der Waals surface area contributed by atoms with Crippen molar-refractivity contribution >= 4 is 16.0 Å². The minimum absolute atomic E-state index is 0.0390. The van der Waals surface area contributed by atoms with Crippen LogP contribution >= 0.6 is 0 Å². The number of hydrogen-bond donors (Lipinski definition) is 1. The molecule has 7 rings (SSSR count). The number of nitrogens with zero attached hydrogens (tertiary/aromatic N) is 2. The Labute approximate surface area is 251 Å². The fourth-order valence-corrected chi connectivity index (χ4v) is 8.87. The van der Waals surface area contributed by atoms with Crippen LogP contribution < -0.4 is 4.74 Å². The van der Waals surface area contributed by atoms with Crippen molar-refractivity contribution in [2.75, 3.05) is 13.1 Å². The number of sulfonamides is 1. The Morgan fingerprint density at radius 1 is 1.05 bits per heavy atom. The van der Waals surface area contributed by atoms with Gasteiger partial charge >= 0.3 is 12.1 Å². The second kappa shape index (κ2) is 10.5. The smallest absolute Gasteiger partial charge is 0.417 e. The zero-order valence-electron chi connectivity index (χ0n) is 23.6. The van der Waals surface area contributed by atoms with Gasteiger partial charge in [0.05, 0.1) is 16.7 Å². The van der Waals surface area contributed by atoms with Crippen molar-refractivity contribution < 1.29 is 40.6 Å². The van der Waals surface area contributed by atoms with Gasteiger partial charge in [0, 0.05) is 36.8 Å². The number of carboxylic acid groups (broad SMARTS) is 1. The van der Waals surface area contributed by atoms with Gasteiger partial charge < -0.3 is 9.84 Å². The number of rotatable bonds is 8. The predicted molar refractivity (Wildman–Crippen MR) is 152 cm³/mol. The standard InChI is InChI=1S/C32H30F4N2O5S/c33-27-14-26(32(34,35)36)23(12-21(27)16-43-28-13-20-11-24-29(25(20)15-37-28)30(24)31(39)40)19-3-1-17(2-4-19)18-7-9-38(10-8-18)44(41,42)22-5-6-22/h1-4,12-15,18,22,24,29-30H,5-11,16H2,(H,39,40)/t24-,29-,30+/m0/s1. The number of hydrogen-bond acceptors (Lipinski definition) is 5. The SMILES string of the molecule is O=C(O)[C@@H]1[C@H]2Cc3cc(OCc4cc(-c5ccc(C6CCN(S(=O)(=O)C7CC7)CC6)cc5)c(C(F)(F)F)cc4F)ncc3[C@H]21. The summed E-state index contributed by atoms with van der Waals surface area (Å²) in [6, 6.07) is 10.0. The summed E-state index contributed by atoms with van der Waals surface area (Å²) >= 11 is 0. The van der Waals surface area contributed by atoms with E-state index in [-0.39, 0.29) is 52.2 Å². The lowest BCUT2D eigenvalue weighted by molar-refractivity contribution is -0.139. The fourth-order valence-electron chi connectivity index (χ4n) is 6.99. The molecule has 4 aliphatic rings. The van der Waals surface area contributed by atoms with Crippen LogP contribution in [0.1, 0.15) is 65.3 Å². The van der Waals surface area contributed by atoms with Crippen molar-refractivity contribution in [1.82, 2.24) is 9.29 Å². The van der Waals surface area contributed by atoms with E-state index in [2.05, 4.69) is 4.98 Å². The van der Waals surface area contributed by atoms with E-state index in [1.165, 1.54) is 0 Å². The van der Waals surface area contributed by atoms with E-state index in [0.29, 0.717) is 51.3 Å². The van der Waals surface area contributed by atoms with Crippen LogP contribution in [0.2, 0.25) is 0 Å². The Hall–Kier alpha value is -3.51. The number of halogens is 4. The van der Waals surface area contributed by atoms with Gasteiger partial charge in [-0.25, -0.2) is 22.1 Å². The van der Waals surface area contributed by atoms with E-state index in [1.54, 1.807) is 40.8 Å². The topological polar surface area (TPSA) is 96.8 Å². The van der Waals surface area contributed by atoms with E-state index in [1.807, 2.05) is 0 Å². The molecule has 3 fully saturated rings. The minimum Gasteiger partial charge on any atom is -0.481 e. The van der Waals surface area contributed by atoms with Gasteiger partial charge in [0.25, 0.3) is 0 Å². The quantitative estimate of drug-likeness (QED) is 0.301. The van der Waals surface area contributed by atoms with Gasteiger partial charge in [-0.15, -0.1) is 0 Å². The second-order valence-corrected chi connectivity index (χ2v) is 14.5. The average molecular weight is 631 g/mol. The Kier molecular flexibility index (Phi) is 7.00. The summed E-state index contributed by atoms with van der Waals surface area (Å²) in [7, 11) is -3.23. The van der Waals surface area contributed by atoms with E-state index >= 15 is 0 Å². The number of carbonyl (C=O) groups is 1. The normalized spacial score (nSPS) is 23.7. The zero-order valence-corrected chi connectivity index (χ0v) is 24.4. The van der Waals surface area contributed by atoms with Gasteiger partial charge in [0.2, 0.25) is 15.9 Å². The first-order chi connectivity index (χ1) is 20.9. The molecule has 2 aromatic carbocycles. The first-order valence-electron chi connectivity index (χ1n) is 14.7. The molecule has 0 unspecified atom stereocenters. The third-order valence-electron chi connectivity index (χ3n) is 9.59. The number of benzene rings is 2. The van der Waals surface area contributed by atoms with Gasteiger partial charge in [-0.1, -0.05) is 24.3 Å². The maximum Gasteiger partial charge on any atom is 0.417 e. The summed E-state index contributed by atoms with van der Waals surface area (Å²) in [5.41, 5.74) is 1.67. The van der Waals surface area contributed by atoms with Gasteiger partial charge in [-0.05, 0) is 83.9 Å². The molecular formula is C32H30F4N2O5S. The third kappa shape index (κ3) is 5.25. The molecule has 0 spiro atoms. The van der Waals surface area contributed by atoms with Crippen LogP contribution in [0.5, 0.6) is 5.88 Å². The number of fused-ring (bicyclic) bond motifs is 3. The molecule has 0 radical (unpaired) electrons. The maximum atomic E-state index is 14.9. The maximum absolute atomic E-state index is 14.9. The molecule has 2 heterocycles. The molecule has 1 aliphatic heterocycles. The average Bonchev–Trinajstić information content (AvgIpc) is 3.92. The van der Waals surface area contributed by atoms with Gasteiger partial charge in [0.15, 0.2) is 0 Å². The second-order valence-electron chi connectivity index (χ2n) is 12.3. The van der Waals surface area contributed by atoms with Crippen LogP contribution in [0.15, 0.2) is 48.7 Å². The lowest BCUT2D eigenvalue weighted by Gasteiger charge is -2.31. The molecule has 3 aliphatic carbocycles. The van der Waals surface area contributed by atoms with Crippen LogP contribution in [-0.4, -0.2) is 47.1 Å². The van der Waals surface area contributed by atoms with E-state index in [9.17, 15) is 35.9 Å². The molecule has 1 N–H and O–H groups in total. The lowest BCUT2D eigenvalue weighted by atomic mass is 9.88. The Morgan fingerprint density at radius 3 is 2.39 bits per heavy atom.